The molecule has 0 fully saturated rings. The highest BCUT2D eigenvalue weighted by atomic mass is 79.9. The number of aromatic nitrogens is 3. The highest BCUT2D eigenvalue weighted by Crippen LogP contribution is 2.27. The molecule has 0 saturated heterocycles. The molecule has 1 N–H and O–H groups in total. The monoisotopic (exact) mass is 409 g/mol. The van der Waals surface area contributed by atoms with Crippen molar-refractivity contribution in [2.75, 3.05) is 0 Å². The van der Waals surface area contributed by atoms with Crippen LogP contribution in [0, 0.1) is 0 Å². The fourth-order valence-electron chi connectivity index (χ4n) is 2.32. The fourth-order valence-corrected chi connectivity index (χ4v) is 3.57. The molecule has 0 bridgehead atoms. The highest BCUT2D eigenvalue weighted by Gasteiger charge is 2.17. The molecule has 2 heterocycles. The van der Waals surface area contributed by atoms with E-state index in [4.69, 9.17) is 0 Å². The van der Waals surface area contributed by atoms with Crippen molar-refractivity contribution in [3.63, 3.8) is 0 Å². The van der Waals surface area contributed by atoms with E-state index in [-0.39, 0.29) is 0 Å². The van der Waals surface area contributed by atoms with Crippen LogP contribution < -0.4 is 0 Å². The maximum absolute atomic E-state index is 10.4. The third kappa shape index (κ3) is 2.88. The van der Waals surface area contributed by atoms with Crippen molar-refractivity contribution in [3.8, 4) is 0 Å². The van der Waals surface area contributed by atoms with Crippen LogP contribution in [0.25, 0.3) is 11.0 Å². The first-order chi connectivity index (χ1) is 10.1. The van der Waals surface area contributed by atoms with Gasteiger partial charge in [0.1, 0.15) is 11.9 Å². The van der Waals surface area contributed by atoms with Gasteiger partial charge in [0.05, 0.1) is 16.7 Å². The largest absolute Gasteiger partial charge is 0.386 e. The van der Waals surface area contributed by atoms with Crippen molar-refractivity contribution in [1.29, 1.82) is 0 Å². The summed E-state index contributed by atoms with van der Waals surface area (Å²) in [6.45, 7) is 0. The molecule has 3 aromatic rings. The van der Waals surface area contributed by atoms with E-state index in [1.54, 1.807) is 6.20 Å². The maximum Gasteiger partial charge on any atom is 0.112 e. The number of para-hydroxylation sites is 2. The van der Waals surface area contributed by atoms with E-state index in [0.717, 1.165) is 25.8 Å². The predicted molar refractivity (Wildman–Crippen MR) is 89.0 cm³/mol. The van der Waals surface area contributed by atoms with Crippen molar-refractivity contribution in [1.82, 2.24) is 14.5 Å². The number of pyridine rings is 1. The lowest BCUT2D eigenvalue weighted by Crippen LogP contribution is -2.09. The van der Waals surface area contributed by atoms with Crippen molar-refractivity contribution in [2.45, 2.75) is 12.5 Å². The van der Waals surface area contributed by atoms with Crippen LogP contribution in [-0.2, 0) is 13.5 Å². The zero-order valence-electron chi connectivity index (χ0n) is 11.3. The smallest absolute Gasteiger partial charge is 0.112 e. The molecule has 0 amide bonds. The lowest BCUT2D eigenvalue weighted by molar-refractivity contribution is 0.169. The molecule has 6 heteroatoms. The number of fused-ring (bicyclic) bond motifs is 1. The maximum atomic E-state index is 10.4. The van der Waals surface area contributed by atoms with E-state index in [1.165, 1.54) is 0 Å². The summed E-state index contributed by atoms with van der Waals surface area (Å²) in [5.41, 5.74) is 2.61. The zero-order chi connectivity index (χ0) is 15.0. The molecule has 1 unspecified atom stereocenters. The summed E-state index contributed by atoms with van der Waals surface area (Å²) in [4.78, 5) is 8.85. The number of nitrogens with zero attached hydrogens (tertiary/aromatic N) is 3. The number of rotatable bonds is 3. The van der Waals surface area contributed by atoms with Gasteiger partial charge >= 0.3 is 0 Å². The number of benzene rings is 1. The first-order valence-electron chi connectivity index (χ1n) is 6.45. The van der Waals surface area contributed by atoms with E-state index in [0.29, 0.717) is 12.1 Å². The van der Waals surface area contributed by atoms with Gasteiger partial charge in [0.2, 0.25) is 0 Å². The Labute approximate surface area is 139 Å². The van der Waals surface area contributed by atoms with Gasteiger partial charge in [-0.3, -0.25) is 4.98 Å². The Morgan fingerprint density at radius 3 is 2.76 bits per heavy atom. The van der Waals surface area contributed by atoms with E-state index < -0.39 is 6.10 Å². The third-order valence-electron chi connectivity index (χ3n) is 3.41. The van der Waals surface area contributed by atoms with Crippen molar-refractivity contribution in [3.05, 3.63) is 57.0 Å². The summed E-state index contributed by atoms with van der Waals surface area (Å²) in [6, 6.07) is 9.81. The van der Waals surface area contributed by atoms with E-state index in [1.807, 2.05) is 41.9 Å². The Bertz CT molecular complexity index is 801. The number of halogens is 2. The molecule has 0 saturated carbocycles. The van der Waals surface area contributed by atoms with Crippen LogP contribution >= 0.6 is 31.9 Å². The van der Waals surface area contributed by atoms with Gasteiger partial charge in [-0.2, -0.15) is 0 Å². The lowest BCUT2D eigenvalue weighted by Gasteiger charge is -2.12. The molecular weight excluding hydrogens is 398 g/mol. The summed E-state index contributed by atoms with van der Waals surface area (Å²) >= 11 is 6.79. The molecule has 4 nitrogen and oxygen atoms in total. The third-order valence-corrected chi connectivity index (χ3v) is 4.48. The van der Waals surface area contributed by atoms with Crippen LogP contribution in [-0.4, -0.2) is 19.6 Å². The molecule has 21 heavy (non-hydrogen) atoms. The summed E-state index contributed by atoms with van der Waals surface area (Å²) < 4.78 is 3.65. The lowest BCUT2D eigenvalue weighted by atomic mass is 10.1. The van der Waals surface area contributed by atoms with Crippen LogP contribution in [0.4, 0.5) is 0 Å². The molecule has 0 spiro atoms. The highest BCUT2D eigenvalue weighted by molar-refractivity contribution is 9.11. The molecule has 1 aromatic carbocycles. The van der Waals surface area contributed by atoms with Crippen LogP contribution in [0.3, 0.4) is 0 Å². The Balaban J connectivity index is 1.92. The van der Waals surface area contributed by atoms with Gasteiger partial charge in [-0.25, -0.2) is 4.98 Å². The second-order valence-corrected chi connectivity index (χ2v) is 6.59. The number of hydrogen-bond acceptors (Lipinski definition) is 3. The Morgan fingerprint density at radius 2 is 2.05 bits per heavy atom. The molecule has 0 aliphatic heterocycles. The topological polar surface area (TPSA) is 50.9 Å². The van der Waals surface area contributed by atoms with Gasteiger partial charge in [-0.15, -0.1) is 0 Å². The van der Waals surface area contributed by atoms with Gasteiger partial charge in [0, 0.05) is 28.6 Å². The van der Waals surface area contributed by atoms with Gasteiger partial charge in [-0.1, -0.05) is 12.1 Å². The Kier molecular flexibility index (Phi) is 4.10. The minimum Gasteiger partial charge on any atom is -0.386 e. The number of aliphatic hydroxyl groups excluding tert-OH is 1. The fraction of sp³-hybridized carbons (Fsp3) is 0.200. The Hall–Kier alpha value is -1.24. The quantitative estimate of drug-likeness (QED) is 0.714. The average molecular weight is 411 g/mol. The van der Waals surface area contributed by atoms with Gasteiger partial charge in [0.15, 0.2) is 0 Å². The number of aryl methyl sites for hydroxylation is 1. The first kappa shape index (κ1) is 14.7. The molecule has 3 rings (SSSR count). The minimum atomic E-state index is -0.706. The van der Waals surface area contributed by atoms with Crippen molar-refractivity contribution >= 4 is 42.9 Å². The minimum absolute atomic E-state index is 0.415. The molecule has 2 aromatic heterocycles. The standard InChI is InChI=1S/C15H13Br2N3O/c1-20-12-5-3-2-4-11(12)19-14(20)7-13(21)15-10(17)6-9(16)8-18-15/h2-6,8,13,21H,7H2,1H3. The number of aliphatic hydroxyl groups is 1. The number of imidazole rings is 1. The molecular formula is C15H13Br2N3O. The average Bonchev–Trinajstić information content (AvgIpc) is 2.76. The SMILES string of the molecule is Cn1c(CC(O)c2ncc(Br)cc2Br)nc2ccccc21. The second-order valence-electron chi connectivity index (χ2n) is 4.82. The molecule has 0 radical (unpaired) electrons. The van der Waals surface area contributed by atoms with E-state index in [2.05, 4.69) is 41.8 Å². The van der Waals surface area contributed by atoms with Crippen LogP contribution in [0.2, 0.25) is 0 Å². The predicted octanol–water partition coefficient (Wildman–Crippen LogP) is 3.77. The molecule has 0 aliphatic carbocycles. The van der Waals surface area contributed by atoms with Crippen molar-refractivity contribution in [2.24, 2.45) is 7.05 Å². The van der Waals surface area contributed by atoms with Crippen LogP contribution in [0.15, 0.2) is 45.5 Å². The summed E-state index contributed by atoms with van der Waals surface area (Å²) in [6.07, 6.45) is 1.39. The van der Waals surface area contributed by atoms with Crippen LogP contribution in [0.5, 0.6) is 0 Å². The Morgan fingerprint density at radius 1 is 1.29 bits per heavy atom. The summed E-state index contributed by atoms with van der Waals surface area (Å²) in [5.74, 6) is 0.834. The first-order valence-corrected chi connectivity index (χ1v) is 8.04. The molecule has 108 valence electrons. The second kappa shape index (κ2) is 5.87. The number of hydrogen-bond donors (Lipinski definition) is 1. The summed E-state index contributed by atoms with van der Waals surface area (Å²) in [7, 11) is 1.96. The van der Waals surface area contributed by atoms with Crippen molar-refractivity contribution < 1.29 is 5.11 Å². The van der Waals surface area contributed by atoms with Crippen LogP contribution in [0.1, 0.15) is 17.6 Å². The van der Waals surface area contributed by atoms with Gasteiger partial charge in [-0.05, 0) is 50.1 Å². The summed E-state index contributed by atoms with van der Waals surface area (Å²) in [5, 5.41) is 10.4. The van der Waals surface area contributed by atoms with Gasteiger partial charge < -0.3 is 9.67 Å². The van der Waals surface area contributed by atoms with Gasteiger partial charge in [0.25, 0.3) is 0 Å². The normalized spacial score (nSPS) is 12.8. The molecule has 0 aliphatic rings. The van der Waals surface area contributed by atoms with E-state index >= 15 is 0 Å². The zero-order valence-corrected chi connectivity index (χ0v) is 14.5. The molecule has 1 atom stereocenters. The van der Waals surface area contributed by atoms with E-state index in [9.17, 15) is 5.11 Å².